The number of anilines is 1. The van der Waals surface area contributed by atoms with Crippen LogP contribution in [0, 0.1) is 0 Å². The lowest BCUT2D eigenvalue weighted by atomic mass is 10.2. The van der Waals surface area contributed by atoms with E-state index < -0.39 is 0 Å². The molecule has 19 heavy (non-hydrogen) atoms. The fourth-order valence-electron chi connectivity index (χ4n) is 1.75. The number of nitrogens with zero attached hydrogens (tertiary/aromatic N) is 2. The van der Waals surface area contributed by atoms with Crippen LogP contribution in [0.15, 0.2) is 45.5 Å². The summed E-state index contributed by atoms with van der Waals surface area (Å²) in [4.78, 5) is 0. The van der Waals surface area contributed by atoms with E-state index in [4.69, 9.17) is 15.1 Å². The van der Waals surface area contributed by atoms with Crippen molar-refractivity contribution in [3.63, 3.8) is 0 Å². The molecule has 3 aromatic rings. The topological polar surface area (TPSA) is 74.2 Å². The first-order valence-electron chi connectivity index (χ1n) is 5.62. The molecule has 1 aromatic heterocycles. The summed E-state index contributed by atoms with van der Waals surface area (Å²) in [5, 5.41) is 7.56. The van der Waals surface area contributed by atoms with Gasteiger partial charge in [0.25, 0.3) is 0 Å². The van der Waals surface area contributed by atoms with Crippen molar-refractivity contribution in [1.29, 1.82) is 0 Å². The number of benzene rings is 2. The molecule has 0 saturated heterocycles. The molecule has 6 heteroatoms. The van der Waals surface area contributed by atoms with Gasteiger partial charge in [0.15, 0.2) is 16.8 Å². The Hall–Kier alpha value is -2.08. The summed E-state index contributed by atoms with van der Waals surface area (Å²) in [6, 6.07) is 11.4. The molecule has 1 heterocycles. The van der Waals surface area contributed by atoms with Crippen molar-refractivity contribution < 1.29 is 9.37 Å². The Kier molecular flexibility index (Phi) is 3.08. The van der Waals surface area contributed by atoms with Crippen LogP contribution < -0.4 is 10.5 Å². The molecule has 2 N–H and O–H groups in total. The normalized spacial score (nSPS) is 10.8. The number of halogens is 1. The van der Waals surface area contributed by atoms with Crippen LogP contribution in [0.25, 0.3) is 11.0 Å². The average molecular weight is 320 g/mol. The van der Waals surface area contributed by atoms with Crippen molar-refractivity contribution >= 4 is 32.7 Å². The lowest BCUT2D eigenvalue weighted by Crippen LogP contribution is -1.97. The number of hydrogen-bond acceptors (Lipinski definition) is 5. The van der Waals surface area contributed by atoms with Gasteiger partial charge in [0.05, 0.1) is 5.69 Å². The second-order valence-electron chi connectivity index (χ2n) is 3.99. The summed E-state index contributed by atoms with van der Waals surface area (Å²) < 4.78 is 11.4. The van der Waals surface area contributed by atoms with E-state index in [1.165, 1.54) is 0 Å². The van der Waals surface area contributed by atoms with Crippen molar-refractivity contribution in [3.8, 4) is 5.75 Å². The maximum atomic E-state index is 5.78. The minimum absolute atomic E-state index is 0.424. The predicted octanol–water partition coefficient (Wildman–Crippen LogP) is 3.15. The summed E-state index contributed by atoms with van der Waals surface area (Å²) >= 11 is 3.48. The second-order valence-corrected chi connectivity index (χ2v) is 4.85. The minimum atomic E-state index is 0.424. The molecule has 0 aliphatic carbocycles. The van der Waals surface area contributed by atoms with Gasteiger partial charge in [0.1, 0.15) is 6.61 Å². The quantitative estimate of drug-likeness (QED) is 0.751. The lowest BCUT2D eigenvalue weighted by molar-refractivity contribution is 0.298. The maximum Gasteiger partial charge on any atom is 0.179 e. The maximum absolute atomic E-state index is 5.78. The van der Waals surface area contributed by atoms with Crippen LogP contribution in [0.4, 0.5) is 5.69 Å². The van der Waals surface area contributed by atoms with E-state index in [1.54, 1.807) is 12.1 Å². The molecule has 2 aromatic carbocycles. The highest BCUT2D eigenvalue weighted by atomic mass is 79.9. The Morgan fingerprint density at radius 2 is 1.89 bits per heavy atom. The highest BCUT2D eigenvalue weighted by molar-refractivity contribution is 9.10. The summed E-state index contributed by atoms with van der Waals surface area (Å²) in [6.07, 6.45) is 0. The van der Waals surface area contributed by atoms with Crippen LogP contribution >= 0.6 is 15.9 Å². The second kappa shape index (κ2) is 4.89. The molecule has 5 nitrogen and oxygen atoms in total. The SMILES string of the molecule is Nc1ccc(OCc2ccccc2Br)c2nonc12. The van der Waals surface area contributed by atoms with Crippen LogP contribution in [0.5, 0.6) is 5.75 Å². The first-order chi connectivity index (χ1) is 9.25. The van der Waals surface area contributed by atoms with Gasteiger partial charge in [-0.1, -0.05) is 34.1 Å². The smallest absolute Gasteiger partial charge is 0.179 e. The molecule has 0 aliphatic heterocycles. The van der Waals surface area contributed by atoms with E-state index in [2.05, 4.69) is 26.2 Å². The van der Waals surface area contributed by atoms with Gasteiger partial charge >= 0.3 is 0 Å². The molecule has 0 atom stereocenters. The van der Waals surface area contributed by atoms with Crippen molar-refractivity contribution in [3.05, 3.63) is 46.4 Å². The Bertz CT molecular complexity index is 727. The van der Waals surface area contributed by atoms with Crippen molar-refractivity contribution in [2.75, 3.05) is 5.73 Å². The molecule has 0 unspecified atom stereocenters. The highest BCUT2D eigenvalue weighted by Crippen LogP contribution is 2.28. The van der Waals surface area contributed by atoms with Gasteiger partial charge in [0.2, 0.25) is 0 Å². The van der Waals surface area contributed by atoms with Gasteiger partial charge < -0.3 is 10.5 Å². The van der Waals surface area contributed by atoms with Crippen LogP contribution in [0.1, 0.15) is 5.56 Å². The first-order valence-corrected chi connectivity index (χ1v) is 6.42. The van der Waals surface area contributed by atoms with Crippen molar-refractivity contribution in [1.82, 2.24) is 10.3 Å². The highest BCUT2D eigenvalue weighted by Gasteiger charge is 2.11. The van der Waals surface area contributed by atoms with Gasteiger partial charge in [-0.25, -0.2) is 4.63 Å². The molecular weight excluding hydrogens is 310 g/mol. The van der Waals surface area contributed by atoms with E-state index in [-0.39, 0.29) is 0 Å². The van der Waals surface area contributed by atoms with Crippen LogP contribution in [0.2, 0.25) is 0 Å². The third-order valence-corrected chi connectivity index (χ3v) is 3.52. The molecule has 0 saturated carbocycles. The van der Waals surface area contributed by atoms with Gasteiger partial charge in [-0.3, -0.25) is 0 Å². The average Bonchev–Trinajstić information content (AvgIpc) is 2.90. The predicted molar refractivity (Wildman–Crippen MR) is 74.7 cm³/mol. The Morgan fingerprint density at radius 3 is 2.74 bits per heavy atom. The van der Waals surface area contributed by atoms with Crippen molar-refractivity contribution in [2.24, 2.45) is 0 Å². The number of rotatable bonds is 3. The van der Waals surface area contributed by atoms with E-state index in [1.807, 2.05) is 24.3 Å². The van der Waals surface area contributed by atoms with Crippen LogP contribution in [-0.4, -0.2) is 10.3 Å². The van der Waals surface area contributed by atoms with E-state index in [0.717, 1.165) is 10.0 Å². The zero-order valence-corrected chi connectivity index (χ0v) is 11.4. The third kappa shape index (κ3) is 2.26. The largest absolute Gasteiger partial charge is 0.486 e. The lowest BCUT2D eigenvalue weighted by Gasteiger charge is -2.08. The summed E-state index contributed by atoms with van der Waals surface area (Å²) in [6.45, 7) is 0.424. The molecule has 0 aliphatic rings. The molecule has 0 fully saturated rings. The van der Waals surface area contributed by atoms with Crippen LogP contribution in [0.3, 0.4) is 0 Å². The third-order valence-electron chi connectivity index (χ3n) is 2.75. The number of hydrogen-bond donors (Lipinski definition) is 1. The molecule has 3 rings (SSSR count). The Balaban J connectivity index is 1.88. The fourth-order valence-corrected chi connectivity index (χ4v) is 2.15. The molecule has 0 radical (unpaired) electrons. The standard InChI is InChI=1S/C13H10BrN3O2/c14-9-4-2-1-3-8(9)7-18-11-6-5-10(15)12-13(11)17-19-16-12/h1-6H,7,15H2. The van der Waals surface area contributed by atoms with Gasteiger partial charge in [-0.2, -0.15) is 0 Å². The zero-order valence-electron chi connectivity index (χ0n) is 9.84. The molecule has 96 valence electrons. The van der Waals surface area contributed by atoms with E-state index in [9.17, 15) is 0 Å². The fraction of sp³-hybridized carbons (Fsp3) is 0.0769. The monoisotopic (exact) mass is 319 g/mol. The van der Waals surface area contributed by atoms with Gasteiger partial charge in [-0.05, 0) is 28.5 Å². The Morgan fingerprint density at radius 1 is 1.11 bits per heavy atom. The van der Waals surface area contributed by atoms with Crippen molar-refractivity contribution in [2.45, 2.75) is 6.61 Å². The number of nitrogens with two attached hydrogens (primary N) is 1. The molecular formula is C13H10BrN3O2. The number of ether oxygens (including phenoxy) is 1. The number of aromatic nitrogens is 2. The molecule has 0 spiro atoms. The minimum Gasteiger partial charge on any atom is -0.486 e. The Labute approximate surface area is 117 Å². The van der Waals surface area contributed by atoms with Gasteiger partial charge in [-0.15, -0.1) is 0 Å². The van der Waals surface area contributed by atoms with E-state index in [0.29, 0.717) is 29.1 Å². The molecule has 0 bridgehead atoms. The first kappa shape index (κ1) is 12.0. The number of fused-ring (bicyclic) bond motifs is 1. The summed E-state index contributed by atoms with van der Waals surface area (Å²) in [5.41, 5.74) is 8.39. The summed E-state index contributed by atoms with van der Waals surface area (Å²) in [7, 11) is 0. The number of nitrogen functional groups attached to an aromatic ring is 1. The zero-order chi connectivity index (χ0) is 13.2. The summed E-state index contributed by atoms with van der Waals surface area (Å²) in [5.74, 6) is 0.598. The van der Waals surface area contributed by atoms with E-state index >= 15 is 0 Å². The van der Waals surface area contributed by atoms with Gasteiger partial charge in [0, 0.05) is 10.0 Å². The molecule has 0 amide bonds. The van der Waals surface area contributed by atoms with Crippen LogP contribution in [-0.2, 0) is 6.61 Å².